The molecule has 0 bridgehead atoms. The fourth-order valence-corrected chi connectivity index (χ4v) is 3.72. The Morgan fingerprint density at radius 3 is 2.85 bits per heavy atom. The molecule has 1 aromatic carbocycles. The maximum Gasteiger partial charge on any atom is 0.417 e. The van der Waals surface area contributed by atoms with Crippen molar-refractivity contribution in [1.29, 1.82) is 0 Å². The number of aromatic nitrogens is 3. The van der Waals surface area contributed by atoms with Gasteiger partial charge in [-0.15, -0.1) is 10.2 Å². The summed E-state index contributed by atoms with van der Waals surface area (Å²) in [6.07, 6.45) is -0.473. The van der Waals surface area contributed by atoms with Crippen LogP contribution < -0.4 is 5.32 Å². The highest BCUT2D eigenvalue weighted by molar-refractivity contribution is 7.99. The van der Waals surface area contributed by atoms with E-state index in [9.17, 15) is 18.0 Å². The summed E-state index contributed by atoms with van der Waals surface area (Å²) in [5.74, 6) is 0.525. The van der Waals surface area contributed by atoms with Gasteiger partial charge in [0.05, 0.1) is 16.3 Å². The zero-order valence-corrected chi connectivity index (χ0v) is 15.2. The first-order valence-corrected chi connectivity index (χ1v) is 9.42. The molecular weight excluding hydrogens is 389 g/mol. The van der Waals surface area contributed by atoms with E-state index in [1.807, 2.05) is 4.57 Å². The largest absolute Gasteiger partial charge is 0.417 e. The Balaban J connectivity index is 1.63. The molecule has 1 aliphatic heterocycles. The molecule has 1 aromatic heterocycles. The summed E-state index contributed by atoms with van der Waals surface area (Å²) in [5.41, 5.74) is -0.931. The number of hydrogen-bond donors (Lipinski definition) is 1. The van der Waals surface area contributed by atoms with Gasteiger partial charge in [0, 0.05) is 18.7 Å². The summed E-state index contributed by atoms with van der Waals surface area (Å²) in [6, 6.07) is 3.28. The van der Waals surface area contributed by atoms with E-state index in [1.165, 1.54) is 17.8 Å². The Hall–Kier alpha value is -1.74. The number of nitrogens with one attached hydrogen (secondary N) is 1. The summed E-state index contributed by atoms with van der Waals surface area (Å²) < 4.78 is 40.6. The highest BCUT2D eigenvalue weighted by Gasteiger charge is 2.33. The van der Waals surface area contributed by atoms with E-state index in [0.29, 0.717) is 5.16 Å². The van der Waals surface area contributed by atoms with E-state index in [-0.39, 0.29) is 11.4 Å². The highest BCUT2D eigenvalue weighted by atomic mass is 35.5. The van der Waals surface area contributed by atoms with Gasteiger partial charge in [0.25, 0.3) is 0 Å². The first-order valence-electron chi connectivity index (χ1n) is 8.06. The smallest absolute Gasteiger partial charge is 0.325 e. The van der Waals surface area contributed by atoms with Crippen molar-refractivity contribution < 1.29 is 18.0 Å². The predicted molar refractivity (Wildman–Crippen MR) is 93.4 cm³/mol. The molecule has 1 aliphatic rings. The van der Waals surface area contributed by atoms with Gasteiger partial charge in [-0.3, -0.25) is 4.79 Å². The van der Waals surface area contributed by atoms with Crippen molar-refractivity contribution in [2.45, 2.75) is 43.6 Å². The van der Waals surface area contributed by atoms with Crippen LogP contribution in [0.2, 0.25) is 5.02 Å². The van der Waals surface area contributed by atoms with E-state index in [0.717, 1.165) is 50.2 Å². The first-order chi connectivity index (χ1) is 12.3. The molecule has 1 amide bonds. The van der Waals surface area contributed by atoms with Crippen LogP contribution in [0.1, 0.15) is 30.7 Å². The lowest BCUT2D eigenvalue weighted by atomic mass is 10.2. The zero-order valence-electron chi connectivity index (χ0n) is 13.6. The quantitative estimate of drug-likeness (QED) is 0.767. The van der Waals surface area contributed by atoms with Crippen LogP contribution in [0.25, 0.3) is 0 Å². The first kappa shape index (κ1) is 19.0. The number of benzene rings is 1. The van der Waals surface area contributed by atoms with Crippen LogP contribution in [-0.2, 0) is 23.9 Å². The normalized spacial score (nSPS) is 14.6. The Morgan fingerprint density at radius 2 is 2.08 bits per heavy atom. The number of anilines is 1. The topological polar surface area (TPSA) is 59.8 Å². The molecule has 0 aliphatic carbocycles. The molecule has 140 valence electrons. The summed E-state index contributed by atoms with van der Waals surface area (Å²) in [5, 5.41) is 11.0. The van der Waals surface area contributed by atoms with Gasteiger partial charge in [0.15, 0.2) is 5.16 Å². The number of thioether (sulfide) groups is 1. The van der Waals surface area contributed by atoms with Crippen LogP contribution in [-0.4, -0.2) is 26.4 Å². The summed E-state index contributed by atoms with van der Waals surface area (Å²) >= 11 is 6.79. The molecule has 0 spiro atoms. The second kappa shape index (κ2) is 7.87. The molecule has 2 heterocycles. The van der Waals surface area contributed by atoms with Gasteiger partial charge in [-0.25, -0.2) is 0 Å². The average molecular weight is 405 g/mol. The Labute approximate surface area is 157 Å². The molecular formula is C16H16ClF3N4OS. The van der Waals surface area contributed by atoms with Crippen molar-refractivity contribution in [3.8, 4) is 0 Å². The van der Waals surface area contributed by atoms with Crippen molar-refractivity contribution in [3.05, 3.63) is 34.6 Å². The van der Waals surface area contributed by atoms with Gasteiger partial charge in [-0.2, -0.15) is 13.2 Å². The van der Waals surface area contributed by atoms with Crippen molar-refractivity contribution in [3.63, 3.8) is 0 Å². The fourth-order valence-electron chi connectivity index (χ4n) is 2.71. The number of nitrogens with zero attached hydrogens (tertiary/aromatic N) is 3. The number of hydrogen-bond acceptors (Lipinski definition) is 4. The fraction of sp³-hybridized carbons (Fsp3) is 0.438. The Kier molecular flexibility index (Phi) is 5.76. The van der Waals surface area contributed by atoms with Gasteiger partial charge in [0.1, 0.15) is 5.82 Å². The molecule has 0 saturated carbocycles. The van der Waals surface area contributed by atoms with Gasteiger partial charge in [-0.1, -0.05) is 29.8 Å². The average Bonchev–Trinajstić information content (AvgIpc) is 2.80. The monoisotopic (exact) mass is 404 g/mol. The molecule has 0 radical (unpaired) electrons. The standard InChI is InChI=1S/C16H16ClF3N4OS/c17-12-6-5-10(8-11(12)16(18,19)20)21-14(25)9-26-15-23-22-13-4-2-1-3-7-24(13)15/h5-6,8H,1-4,7,9H2,(H,21,25). The Morgan fingerprint density at radius 1 is 1.27 bits per heavy atom. The molecule has 1 N–H and O–H groups in total. The highest BCUT2D eigenvalue weighted by Crippen LogP contribution is 2.36. The number of alkyl halides is 3. The minimum atomic E-state index is -4.58. The lowest BCUT2D eigenvalue weighted by molar-refractivity contribution is -0.137. The van der Waals surface area contributed by atoms with Crippen LogP contribution in [0.4, 0.5) is 18.9 Å². The maximum atomic E-state index is 12.9. The molecule has 26 heavy (non-hydrogen) atoms. The number of carbonyl (C=O) groups is 1. The van der Waals surface area contributed by atoms with E-state index < -0.39 is 22.7 Å². The molecule has 10 heteroatoms. The minimum Gasteiger partial charge on any atom is -0.325 e. The number of aryl methyl sites for hydroxylation is 1. The molecule has 0 saturated heterocycles. The molecule has 2 aromatic rings. The summed E-state index contributed by atoms with van der Waals surface area (Å²) in [4.78, 5) is 12.1. The molecule has 0 fully saturated rings. The van der Waals surface area contributed by atoms with Crippen LogP contribution in [0.3, 0.4) is 0 Å². The third-order valence-electron chi connectivity index (χ3n) is 3.96. The third-order valence-corrected chi connectivity index (χ3v) is 5.26. The van der Waals surface area contributed by atoms with Gasteiger partial charge in [0.2, 0.25) is 5.91 Å². The van der Waals surface area contributed by atoms with Crippen molar-refractivity contribution in [2.24, 2.45) is 0 Å². The van der Waals surface area contributed by atoms with Crippen LogP contribution in [0.15, 0.2) is 23.4 Å². The van der Waals surface area contributed by atoms with Crippen LogP contribution >= 0.6 is 23.4 Å². The molecule has 0 unspecified atom stereocenters. The maximum absolute atomic E-state index is 12.9. The zero-order chi connectivity index (χ0) is 18.7. The molecule has 5 nitrogen and oxygen atoms in total. The number of carbonyl (C=O) groups excluding carboxylic acids is 1. The van der Waals surface area contributed by atoms with Gasteiger partial charge in [-0.05, 0) is 31.0 Å². The third kappa shape index (κ3) is 4.50. The Bertz CT molecular complexity index is 809. The minimum absolute atomic E-state index is 0.0299. The lowest BCUT2D eigenvalue weighted by Gasteiger charge is -2.12. The lowest BCUT2D eigenvalue weighted by Crippen LogP contribution is -2.16. The summed E-state index contributed by atoms with van der Waals surface area (Å²) in [6.45, 7) is 0.818. The second-order valence-electron chi connectivity index (χ2n) is 5.89. The second-order valence-corrected chi connectivity index (χ2v) is 7.24. The van der Waals surface area contributed by atoms with E-state index in [1.54, 1.807) is 0 Å². The molecule has 3 rings (SSSR count). The van der Waals surface area contributed by atoms with Crippen LogP contribution in [0.5, 0.6) is 0 Å². The van der Waals surface area contributed by atoms with Crippen molar-refractivity contribution in [2.75, 3.05) is 11.1 Å². The van der Waals surface area contributed by atoms with E-state index in [2.05, 4.69) is 15.5 Å². The van der Waals surface area contributed by atoms with Crippen molar-refractivity contribution >= 4 is 35.0 Å². The number of halogens is 4. The van der Waals surface area contributed by atoms with Gasteiger partial charge < -0.3 is 9.88 Å². The molecule has 0 atom stereocenters. The van der Waals surface area contributed by atoms with E-state index in [4.69, 9.17) is 11.6 Å². The number of fused-ring (bicyclic) bond motifs is 1. The van der Waals surface area contributed by atoms with Crippen molar-refractivity contribution in [1.82, 2.24) is 14.8 Å². The number of rotatable bonds is 4. The predicted octanol–water partition coefficient (Wildman–Crippen LogP) is 4.41. The van der Waals surface area contributed by atoms with E-state index >= 15 is 0 Å². The van der Waals surface area contributed by atoms with Gasteiger partial charge >= 0.3 is 6.18 Å². The number of amides is 1. The van der Waals surface area contributed by atoms with Crippen LogP contribution in [0, 0.1) is 0 Å². The SMILES string of the molecule is O=C(CSc1nnc2n1CCCCC2)Nc1ccc(Cl)c(C(F)(F)F)c1. The summed E-state index contributed by atoms with van der Waals surface area (Å²) in [7, 11) is 0.